The summed E-state index contributed by atoms with van der Waals surface area (Å²) in [6.45, 7) is 6.13. The van der Waals surface area contributed by atoms with Gasteiger partial charge in [0.05, 0.1) is 6.10 Å². The largest absolute Gasteiger partial charge is 0.393 e. The van der Waals surface area contributed by atoms with Crippen molar-refractivity contribution < 1.29 is 5.11 Å². The van der Waals surface area contributed by atoms with Gasteiger partial charge in [-0.15, -0.1) is 0 Å². The second kappa shape index (κ2) is 7.03. The third-order valence-corrected chi connectivity index (χ3v) is 1.40. The van der Waals surface area contributed by atoms with Gasteiger partial charge in [-0.05, 0) is 39.3 Å². The number of rotatable bonds is 6. The molecule has 0 radical (unpaired) electrons. The van der Waals surface area contributed by atoms with Crippen molar-refractivity contribution in [1.82, 2.24) is 5.32 Å². The van der Waals surface area contributed by atoms with Crippen LogP contribution in [0.2, 0.25) is 0 Å². The van der Waals surface area contributed by atoms with E-state index in [9.17, 15) is 0 Å². The fraction of sp³-hybridized carbons (Fsp3) is 1.00. The van der Waals surface area contributed by atoms with E-state index in [1.54, 1.807) is 0 Å². The maximum atomic E-state index is 8.88. The lowest BCUT2D eigenvalue weighted by Crippen LogP contribution is -2.17. The predicted molar refractivity (Wildman–Crippen MR) is 44.1 cm³/mol. The lowest BCUT2D eigenvalue weighted by Gasteiger charge is -2.04. The lowest BCUT2D eigenvalue weighted by molar-refractivity contribution is 0.181. The van der Waals surface area contributed by atoms with Crippen molar-refractivity contribution >= 4 is 0 Å². The predicted octanol–water partition coefficient (Wildman–Crippen LogP) is 1.15. The smallest absolute Gasteiger partial charge is 0.0512 e. The summed E-state index contributed by atoms with van der Waals surface area (Å²) in [5, 5.41) is 12.2. The second-order valence-electron chi connectivity index (χ2n) is 2.74. The quantitative estimate of drug-likeness (QED) is 0.549. The molecule has 2 heteroatoms. The van der Waals surface area contributed by atoms with Gasteiger partial charge in [-0.1, -0.05) is 6.92 Å². The number of hydrogen-bond donors (Lipinski definition) is 2. The van der Waals surface area contributed by atoms with E-state index >= 15 is 0 Å². The molecule has 0 aliphatic rings. The van der Waals surface area contributed by atoms with E-state index in [-0.39, 0.29) is 6.10 Å². The Kier molecular flexibility index (Phi) is 6.98. The summed E-state index contributed by atoms with van der Waals surface area (Å²) in [4.78, 5) is 0. The number of aliphatic hydroxyl groups excluding tert-OH is 1. The average molecular weight is 145 g/mol. The standard InChI is InChI=1S/C8H19NO/c1-3-6-9-7-4-5-8(2)10/h8-10H,3-7H2,1-2H3. The summed E-state index contributed by atoms with van der Waals surface area (Å²) in [6.07, 6.45) is 3.05. The highest BCUT2D eigenvalue weighted by Gasteiger charge is 1.93. The molecule has 0 aliphatic heterocycles. The molecule has 2 nitrogen and oxygen atoms in total. The van der Waals surface area contributed by atoms with Crippen molar-refractivity contribution in [3.8, 4) is 0 Å². The summed E-state index contributed by atoms with van der Waals surface area (Å²) in [7, 11) is 0. The molecule has 0 saturated carbocycles. The molecule has 0 rings (SSSR count). The number of aliphatic hydroxyl groups is 1. The summed E-state index contributed by atoms with van der Waals surface area (Å²) in [6, 6.07) is 0. The van der Waals surface area contributed by atoms with Crippen LogP contribution in [-0.4, -0.2) is 24.3 Å². The Bertz CT molecular complexity index is 64.3. The highest BCUT2D eigenvalue weighted by molar-refractivity contribution is 4.50. The molecule has 1 unspecified atom stereocenters. The van der Waals surface area contributed by atoms with Gasteiger partial charge in [0.15, 0.2) is 0 Å². The minimum atomic E-state index is -0.136. The molecule has 2 N–H and O–H groups in total. The van der Waals surface area contributed by atoms with Crippen LogP contribution in [0.25, 0.3) is 0 Å². The second-order valence-corrected chi connectivity index (χ2v) is 2.74. The third-order valence-electron chi connectivity index (χ3n) is 1.40. The molecule has 10 heavy (non-hydrogen) atoms. The first-order chi connectivity index (χ1) is 4.77. The molecule has 0 amide bonds. The van der Waals surface area contributed by atoms with E-state index < -0.39 is 0 Å². The Morgan fingerprint density at radius 3 is 2.60 bits per heavy atom. The molecule has 0 aromatic rings. The maximum Gasteiger partial charge on any atom is 0.0512 e. The number of nitrogens with one attached hydrogen (secondary N) is 1. The summed E-state index contributed by atoms with van der Waals surface area (Å²) in [5.41, 5.74) is 0. The van der Waals surface area contributed by atoms with E-state index in [1.807, 2.05) is 6.92 Å². The van der Waals surface area contributed by atoms with Gasteiger partial charge >= 0.3 is 0 Å². The summed E-state index contributed by atoms with van der Waals surface area (Å²) >= 11 is 0. The lowest BCUT2D eigenvalue weighted by atomic mass is 10.2. The van der Waals surface area contributed by atoms with Gasteiger partial charge in [0, 0.05) is 0 Å². The van der Waals surface area contributed by atoms with Crippen molar-refractivity contribution in [1.29, 1.82) is 0 Å². The topological polar surface area (TPSA) is 32.3 Å². The Hall–Kier alpha value is -0.0800. The normalized spacial score (nSPS) is 13.5. The molecule has 0 bridgehead atoms. The molecule has 0 aliphatic carbocycles. The van der Waals surface area contributed by atoms with Crippen LogP contribution in [0.15, 0.2) is 0 Å². The molecular weight excluding hydrogens is 126 g/mol. The fourth-order valence-corrected chi connectivity index (χ4v) is 0.824. The number of hydrogen-bond acceptors (Lipinski definition) is 2. The van der Waals surface area contributed by atoms with Gasteiger partial charge in [-0.25, -0.2) is 0 Å². The summed E-state index contributed by atoms with van der Waals surface area (Å²) < 4.78 is 0. The van der Waals surface area contributed by atoms with E-state index in [0.29, 0.717) is 0 Å². The Morgan fingerprint density at radius 1 is 1.40 bits per heavy atom. The SMILES string of the molecule is CCCNCCCC(C)O. The van der Waals surface area contributed by atoms with Gasteiger partial charge in [0.2, 0.25) is 0 Å². The monoisotopic (exact) mass is 145 g/mol. The molecule has 1 atom stereocenters. The maximum absolute atomic E-state index is 8.88. The van der Waals surface area contributed by atoms with Crippen LogP contribution in [0, 0.1) is 0 Å². The van der Waals surface area contributed by atoms with Gasteiger partial charge in [-0.2, -0.15) is 0 Å². The van der Waals surface area contributed by atoms with E-state index in [1.165, 1.54) is 6.42 Å². The zero-order chi connectivity index (χ0) is 7.82. The van der Waals surface area contributed by atoms with Crippen molar-refractivity contribution in [2.45, 2.75) is 39.2 Å². The van der Waals surface area contributed by atoms with Crippen LogP contribution < -0.4 is 5.32 Å². The molecule has 0 fully saturated rings. The van der Waals surface area contributed by atoms with Crippen molar-refractivity contribution in [2.75, 3.05) is 13.1 Å². The van der Waals surface area contributed by atoms with Gasteiger partial charge in [0.25, 0.3) is 0 Å². The first-order valence-corrected chi connectivity index (χ1v) is 4.16. The molecule has 0 heterocycles. The highest BCUT2D eigenvalue weighted by Crippen LogP contribution is 1.92. The van der Waals surface area contributed by atoms with E-state index in [0.717, 1.165) is 25.9 Å². The molecule has 0 aromatic heterocycles. The molecule has 0 saturated heterocycles. The fourth-order valence-electron chi connectivity index (χ4n) is 0.824. The van der Waals surface area contributed by atoms with Gasteiger partial charge in [-0.3, -0.25) is 0 Å². The molecule has 0 aromatic carbocycles. The Balaban J connectivity index is 2.77. The Morgan fingerprint density at radius 2 is 2.10 bits per heavy atom. The highest BCUT2D eigenvalue weighted by atomic mass is 16.3. The van der Waals surface area contributed by atoms with Crippen molar-refractivity contribution in [3.63, 3.8) is 0 Å². The van der Waals surface area contributed by atoms with Crippen LogP contribution in [0.3, 0.4) is 0 Å². The van der Waals surface area contributed by atoms with Crippen LogP contribution in [0.4, 0.5) is 0 Å². The molecule has 0 spiro atoms. The third kappa shape index (κ3) is 7.92. The molecule has 62 valence electrons. The first-order valence-electron chi connectivity index (χ1n) is 4.16. The van der Waals surface area contributed by atoms with Crippen molar-refractivity contribution in [2.24, 2.45) is 0 Å². The minimum Gasteiger partial charge on any atom is -0.393 e. The van der Waals surface area contributed by atoms with Crippen LogP contribution in [-0.2, 0) is 0 Å². The van der Waals surface area contributed by atoms with Crippen LogP contribution >= 0.6 is 0 Å². The zero-order valence-corrected chi connectivity index (χ0v) is 7.06. The van der Waals surface area contributed by atoms with E-state index in [2.05, 4.69) is 12.2 Å². The van der Waals surface area contributed by atoms with Gasteiger partial charge in [0.1, 0.15) is 0 Å². The zero-order valence-electron chi connectivity index (χ0n) is 7.06. The average Bonchev–Trinajstić information content (AvgIpc) is 1.87. The first kappa shape index (κ1) is 9.92. The van der Waals surface area contributed by atoms with Crippen LogP contribution in [0.1, 0.15) is 33.1 Å². The summed E-state index contributed by atoms with van der Waals surface area (Å²) in [5.74, 6) is 0. The Labute approximate surface area is 63.6 Å². The van der Waals surface area contributed by atoms with E-state index in [4.69, 9.17) is 5.11 Å². The molecular formula is C8H19NO. The van der Waals surface area contributed by atoms with Gasteiger partial charge < -0.3 is 10.4 Å². The van der Waals surface area contributed by atoms with Crippen LogP contribution in [0.5, 0.6) is 0 Å². The van der Waals surface area contributed by atoms with Crippen molar-refractivity contribution in [3.05, 3.63) is 0 Å². The minimum absolute atomic E-state index is 0.136.